The largest absolute Gasteiger partial charge is 0.394 e. The van der Waals surface area contributed by atoms with Crippen LogP contribution in [0.25, 0.3) is 0 Å². The molecule has 0 unspecified atom stereocenters. The highest BCUT2D eigenvalue weighted by atomic mass is 35.5. The quantitative estimate of drug-likeness (QED) is 0.654. The minimum Gasteiger partial charge on any atom is -0.394 e. The number of nitrogens with one attached hydrogen (secondary N) is 2. The fourth-order valence-electron chi connectivity index (χ4n) is 2.29. The summed E-state index contributed by atoms with van der Waals surface area (Å²) in [6.07, 6.45) is -1.48. The number of amides is 2. The summed E-state index contributed by atoms with van der Waals surface area (Å²) < 4.78 is 5.50. The molecule has 10 heteroatoms. The fraction of sp³-hybridized carbons (Fsp3) is 0.357. The Kier molecular flexibility index (Phi) is 5.27. The molecule has 0 saturated carbocycles. The SMILES string of the molecule is O=C(Nc1cccc(Cl)c1)Nc1nnc([C@@H]2C[C@H](O)[C@@H](CO)O2)s1. The molecule has 2 heterocycles. The first kappa shape index (κ1) is 17.1. The number of ether oxygens (including phenoxy) is 1. The number of aliphatic hydroxyl groups excluding tert-OH is 2. The summed E-state index contributed by atoms with van der Waals surface area (Å²) >= 11 is 7.00. The average Bonchev–Trinajstić information content (AvgIpc) is 3.13. The van der Waals surface area contributed by atoms with Gasteiger partial charge >= 0.3 is 6.03 Å². The van der Waals surface area contributed by atoms with Gasteiger partial charge in [0.2, 0.25) is 5.13 Å². The lowest BCUT2D eigenvalue weighted by molar-refractivity contribution is -0.0227. The van der Waals surface area contributed by atoms with Crippen molar-refractivity contribution in [1.82, 2.24) is 10.2 Å². The molecule has 0 aliphatic carbocycles. The molecule has 1 aliphatic heterocycles. The summed E-state index contributed by atoms with van der Waals surface area (Å²) in [6, 6.07) is 6.29. The van der Waals surface area contributed by atoms with Gasteiger partial charge in [-0.3, -0.25) is 5.32 Å². The molecule has 3 atom stereocenters. The van der Waals surface area contributed by atoms with Crippen molar-refractivity contribution < 1.29 is 19.7 Å². The van der Waals surface area contributed by atoms with Crippen molar-refractivity contribution in [2.45, 2.75) is 24.7 Å². The Morgan fingerprint density at radius 2 is 2.25 bits per heavy atom. The number of carbonyl (C=O) groups is 1. The third-order valence-electron chi connectivity index (χ3n) is 3.42. The first-order valence-corrected chi connectivity index (χ1v) is 8.36. The van der Waals surface area contributed by atoms with Gasteiger partial charge in [-0.25, -0.2) is 4.79 Å². The lowest BCUT2D eigenvalue weighted by Gasteiger charge is -2.09. The van der Waals surface area contributed by atoms with Crippen LogP contribution in [0, 0.1) is 0 Å². The Bertz CT molecular complexity index is 728. The zero-order valence-electron chi connectivity index (χ0n) is 12.3. The van der Waals surface area contributed by atoms with E-state index in [1.165, 1.54) is 0 Å². The van der Waals surface area contributed by atoms with Gasteiger partial charge in [-0.2, -0.15) is 0 Å². The number of aliphatic hydroxyl groups is 2. The number of hydrogen-bond donors (Lipinski definition) is 4. The summed E-state index contributed by atoms with van der Waals surface area (Å²) in [5.41, 5.74) is 0.553. The molecule has 0 spiro atoms. The van der Waals surface area contributed by atoms with Crippen LogP contribution in [0.2, 0.25) is 5.02 Å². The normalized spacial score (nSPS) is 23.2. The molecule has 1 aromatic heterocycles. The van der Waals surface area contributed by atoms with E-state index in [1.54, 1.807) is 24.3 Å². The van der Waals surface area contributed by atoms with Crippen molar-refractivity contribution in [1.29, 1.82) is 0 Å². The number of rotatable bonds is 4. The molecule has 0 bridgehead atoms. The number of benzene rings is 1. The van der Waals surface area contributed by atoms with E-state index in [1.807, 2.05) is 0 Å². The van der Waals surface area contributed by atoms with Crippen LogP contribution in [-0.2, 0) is 4.74 Å². The van der Waals surface area contributed by atoms with Crippen molar-refractivity contribution in [3.63, 3.8) is 0 Å². The van der Waals surface area contributed by atoms with E-state index in [0.29, 0.717) is 27.3 Å². The maximum Gasteiger partial charge on any atom is 0.325 e. The van der Waals surface area contributed by atoms with E-state index in [0.717, 1.165) is 11.3 Å². The van der Waals surface area contributed by atoms with Crippen molar-refractivity contribution in [3.8, 4) is 0 Å². The minimum absolute atomic E-state index is 0.260. The Balaban J connectivity index is 1.59. The molecule has 4 N–H and O–H groups in total. The van der Waals surface area contributed by atoms with Crippen LogP contribution in [0.1, 0.15) is 17.5 Å². The van der Waals surface area contributed by atoms with Gasteiger partial charge in [0.25, 0.3) is 0 Å². The molecule has 0 radical (unpaired) electrons. The standard InChI is InChI=1S/C14H15ClN4O4S/c15-7-2-1-3-8(4-7)16-13(22)17-14-19-18-12(24-14)10-5-9(21)11(6-20)23-10/h1-4,9-11,20-21H,5-6H2,(H2,16,17,19,22)/t9-,10-,11+/m0/s1. The molecule has 2 amide bonds. The van der Waals surface area contributed by atoms with Crippen molar-refractivity contribution in [2.24, 2.45) is 0 Å². The van der Waals surface area contributed by atoms with Crippen LogP contribution in [0.15, 0.2) is 24.3 Å². The maximum atomic E-state index is 11.9. The van der Waals surface area contributed by atoms with Crippen LogP contribution in [0.3, 0.4) is 0 Å². The summed E-state index contributed by atoms with van der Waals surface area (Å²) in [6.45, 7) is -0.260. The highest BCUT2D eigenvalue weighted by molar-refractivity contribution is 7.15. The van der Waals surface area contributed by atoms with Gasteiger partial charge in [0.05, 0.1) is 12.7 Å². The van der Waals surface area contributed by atoms with E-state index >= 15 is 0 Å². The topological polar surface area (TPSA) is 117 Å². The van der Waals surface area contributed by atoms with E-state index in [9.17, 15) is 9.90 Å². The van der Waals surface area contributed by atoms with Gasteiger partial charge < -0.3 is 20.3 Å². The van der Waals surface area contributed by atoms with Crippen LogP contribution >= 0.6 is 22.9 Å². The second-order valence-electron chi connectivity index (χ2n) is 5.18. The van der Waals surface area contributed by atoms with Crippen molar-refractivity contribution in [3.05, 3.63) is 34.3 Å². The summed E-state index contributed by atoms with van der Waals surface area (Å²) in [5.74, 6) is 0. The molecular weight excluding hydrogens is 356 g/mol. The monoisotopic (exact) mass is 370 g/mol. The summed E-state index contributed by atoms with van der Waals surface area (Å²) in [5, 5.41) is 33.2. The van der Waals surface area contributed by atoms with Crippen LogP contribution in [0.5, 0.6) is 0 Å². The predicted octanol–water partition coefficient (Wildman–Crippen LogP) is 2.02. The number of anilines is 2. The number of urea groups is 1. The number of hydrogen-bond acceptors (Lipinski definition) is 7. The lowest BCUT2D eigenvalue weighted by atomic mass is 10.1. The molecular formula is C14H15ClN4O4S. The maximum absolute atomic E-state index is 11.9. The second kappa shape index (κ2) is 7.41. The van der Waals surface area contributed by atoms with Gasteiger partial charge in [0.15, 0.2) is 0 Å². The lowest BCUT2D eigenvalue weighted by Crippen LogP contribution is -2.24. The molecule has 1 fully saturated rings. The third kappa shape index (κ3) is 4.00. The number of nitrogens with zero attached hydrogens (tertiary/aromatic N) is 2. The van der Waals surface area contributed by atoms with Gasteiger partial charge in [0, 0.05) is 17.1 Å². The molecule has 8 nitrogen and oxygen atoms in total. The summed E-state index contributed by atoms with van der Waals surface area (Å²) in [4.78, 5) is 11.9. The van der Waals surface area contributed by atoms with Crippen molar-refractivity contribution >= 4 is 39.8 Å². The number of halogens is 1. The zero-order chi connectivity index (χ0) is 17.1. The molecule has 3 rings (SSSR count). The fourth-order valence-corrected chi connectivity index (χ4v) is 3.27. The first-order valence-electron chi connectivity index (χ1n) is 7.16. The average molecular weight is 371 g/mol. The molecule has 2 aromatic rings. The minimum atomic E-state index is -0.744. The van der Waals surface area contributed by atoms with Crippen LogP contribution in [0.4, 0.5) is 15.6 Å². The Labute approximate surface area is 146 Å². The van der Waals surface area contributed by atoms with E-state index in [-0.39, 0.29) is 6.61 Å². The van der Waals surface area contributed by atoms with Crippen LogP contribution < -0.4 is 10.6 Å². The third-order valence-corrected chi connectivity index (χ3v) is 4.59. The van der Waals surface area contributed by atoms with Gasteiger partial charge in [-0.15, -0.1) is 10.2 Å². The second-order valence-corrected chi connectivity index (χ2v) is 6.63. The Morgan fingerprint density at radius 1 is 1.42 bits per heavy atom. The molecule has 1 aliphatic rings. The smallest absolute Gasteiger partial charge is 0.325 e. The van der Waals surface area contributed by atoms with E-state index in [2.05, 4.69) is 20.8 Å². The molecule has 128 valence electrons. The van der Waals surface area contributed by atoms with E-state index < -0.39 is 24.3 Å². The highest BCUT2D eigenvalue weighted by Crippen LogP contribution is 2.35. The van der Waals surface area contributed by atoms with Gasteiger partial charge in [-0.05, 0) is 18.2 Å². The zero-order valence-corrected chi connectivity index (χ0v) is 13.9. The molecule has 1 aromatic carbocycles. The van der Waals surface area contributed by atoms with Gasteiger partial charge in [0.1, 0.15) is 17.2 Å². The highest BCUT2D eigenvalue weighted by Gasteiger charge is 2.36. The predicted molar refractivity (Wildman–Crippen MR) is 89.3 cm³/mol. The van der Waals surface area contributed by atoms with Gasteiger partial charge in [-0.1, -0.05) is 29.0 Å². The van der Waals surface area contributed by atoms with E-state index in [4.69, 9.17) is 21.4 Å². The number of carbonyl (C=O) groups excluding carboxylic acids is 1. The van der Waals surface area contributed by atoms with Crippen molar-refractivity contribution in [2.75, 3.05) is 17.2 Å². The van der Waals surface area contributed by atoms with Crippen LogP contribution in [-0.4, -0.2) is 45.3 Å². The Morgan fingerprint density at radius 3 is 2.96 bits per heavy atom. The number of aromatic nitrogens is 2. The molecule has 1 saturated heterocycles. The molecule has 24 heavy (non-hydrogen) atoms. The first-order chi connectivity index (χ1) is 11.5. The summed E-state index contributed by atoms with van der Waals surface area (Å²) in [7, 11) is 0. The Hall–Kier alpha value is -1.78.